The van der Waals surface area contributed by atoms with Crippen LogP contribution in [0.2, 0.25) is 0 Å². The van der Waals surface area contributed by atoms with Crippen LogP contribution in [-0.2, 0) is 16.5 Å². The fourth-order valence-corrected chi connectivity index (χ4v) is 1.96. The Hall–Kier alpha value is -2.23. The summed E-state index contributed by atoms with van der Waals surface area (Å²) in [5.41, 5.74) is 0.695. The molecule has 4 nitrogen and oxygen atoms in total. The minimum atomic E-state index is -0.0329. The van der Waals surface area contributed by atoms with Crippen LogP contribution in [0.1, 0.15) is 5.69 Å². The van der Waals surface area contributed by atoms with Gasteiger partial charge in [0.25, 0.3) is 5.56 Å². The number of hydrogen-bond donors (Lipinski definition) is 0. The number of rotatable bonds is 1. The molecule has 0 spiro atoms. The van der Waals surface area contributed by atoms with Crippen LogP contribution < -0.4 is 5.56 Å². The summed E-state index contributed by atoms with van der Waals surface area (Å²) >= 11 is 0. The number of aromatic nitrogens is 1. The Kier molecular flexibility index (Phi) is 2.14. The summed E-state index contributed by atoms with van der Waals surface area (Å²) in [7, 11) is 1.73. The predicted molar refractivity (Wildman–Crippen MR) is 64.2 cm³/mol. The van der Waals surface area contributed by atoms with Crippen molar-refractivity contribution in [2.24, 2.45) is 7.05 Å². The maximum Gasteiger partial charge on any atom is 0.258 e. The van der Waals surface area contributed by atoms with E-state index in [0.717, 1.165) is 11.1 Å². The number of ether oxygens (including phenoxy) is 2. The number of hydrogen-bond acceptors (Lipinski definition) is 3. The SMILES string of the molecule is Cn1c(C2=COCO2)cc2ccccc2c1=O. The third-order valence-electron chi connectivity index (χ3n) is 2.87. The first-order chi connectivity index (χ1) is 8.27. The summed E-state index contributed by atoms with van der Waals surface area (Å²) in [5.74, 6) is 0.593. The van der Waals surface area contributed by atoms with Gasteiger partial charge in [-0.1, -0.05) is 18.2 Å². The van der Waals surface area contributed by atoms with Gasteiger partial charge in [0.2, 0.25) is 6.79 Å². The van der Waals surface area contributed by atoms with Crippen molar-refractivity contribution in [1.29, 1.82) is 0 Å². The van der Waals surface area contributed by atoms with Gasteiger partial charge < -0.3 is 14.0 Å². The zero-order valence-corrected chi connectivity index (χ0v) is 9.34. The number of nitrogens with zero attached hydrogens (tertiary/aromatic N) is 1. The Morgan fingerprint density at radius 3 is 2.88 bits per heavy atom. The van der Waals surface area contributed by atoms with E-state index in [1.165, 1.54) is 6.26 Å². The van der Waals surface area contributed by atoms with Crippen molar-refractivity contribution in [1.82, 2.24) is 4.57 Å². The lowest BCUT2D eigenvalue weighted by Crippen LogP contribution is -2.20. The standard InChI is InChI=1S/C13H11NO3/c1-14-11(12-7-16-8-17-12)6-9-4-2-3-5-10(9)13(14)15/h2-7H,8H2,1H3. The molecule has 0 N–H and O–H groups in total. The monoisotopic (exact) mass is 229 g/mol. The lowest BCUT2D eigenvalue weighted by molar-refractivity contribution is 0.1000. The molecule has 1 aliphatic rings. The van der Waals surface area contributed by atoms with Crippen molar-refractivity contribution in [3.8, 4) is 0 Å². The molecule has 2 heterocycles. The molecule has 0 saturated heterocycles. The van der Waals surface area contributed by atoms with Crippen LogP contribution in [0.15, 0.2) is 41.4 Å². The highest BCUT2D eigenvalue weighted by atomic mass is 16.7. The van der Waals surface area contributed by atoms with Gasteiger partial charge in [-0.3, -0.25) is 4.79 Å². The highest BCUT2D eigenvalue weighted by Crippen LogP contribution is 2.21. The summed E-state index contributed by atoms with van der Waals surface area (Å²) in [6.45, 7) is 0.205. The van der Waals surface area contributed by atoms with Crippen molar-refractivity contribution in [2.75, 3.05) is 6.79 Å². The molecule has 0 bridgehead atoms. The van der Waals surface area contributed by atoms with E-state index in [0.29, 0.717) is 11.1 Å². The van der Waals surface area contributed by atoms with Crippen molar-refractivity contribution in [3.05, 3.63) is 52.6 Å². The Labute approximate surface area is 97.7 Å². The second kappa shape index (κ2) is 3.66. The fourth-order valence-electron chi connectivity index (χ4n) is 1.96. The molecule has 1 aliphatic heterocycles. The van der Waals surface area contributed by atoms with Crippen LogP contribution in [-0.4, -0.2) is 11.4 Å². The van der Waals surface area contributed by atoms with Gasteiger partial charge in [-0.25, -0.2) is 0 Å². The Bertz CT molecular complexity index is 670. The molecule has 0 amide bonds. The summed E-state index contributed by atoms with van der Waals surface area (Å²) in [6.07, 6.45) is 1.53. The molecule has 0 saturated carbocycles. The van der Waals surface area contributed by atoms with E-state index in [2.05, 4.69) is 0 Å². The first-order valence-electron chi connectivity index (χ1n) is 5.31. The summed E-state index contributed by atoms with van der Waals surface area (Å²) in [6, 6.07) is 9.43. The minimum absolute atomic E-state index is 0.0329. The smallest absolute Gasteiger partial charge is 0.258 e. The minimum Gasteiger partial charge on any atom is -0.461 e. The third kappa shape index (κ3) is 1.49. The Morgan fingerprint density at radius 2 is 2.12 bits per heavy atom. The number of pyridine rings is 1. The molecule has 1 aromatic carbocycles. The predicted octanol–water partition coefficient (Wildman–Crippen LogP) is 1.84. The first-order valence-corrected chi connectivity index (χ1v) is 5.31. The summed E-state index contributed by atoms with van der Waals surface area (Å²) in [4.78, 5) is 12.1. The van der Waals surface area contributed by atoms with E-state index in [1.807, 2.05) is 30.3 Å². The van der Waals surface area contributed by atoms with Gasteiger partial charge in [-0.05, 0) is 17.5 Å². The van der Waals surface area contributed by atoms with Crippen LogP contribution in [0.5, 0.6) is 0 Å². The van der Waals surface area contributed by atoms with Crippen LogP contribution in [0.25, 0.3) is 16.5 Å². The maximum absolute atomic E-state index is 12.1. The molecule has 4 heteroatoms. The number of benzene rings is 1. The molecule has 2 aromatic rings. The van der Waals surface area contributed by atoms with E-state index < -0.39 is 0 Å². The molecule has 0 aliphatic carbocycles. The molecule has 0 unspecified atom stereocenters. The Balaban J connectivity index is 2.33. The highest BCUT2D eigenvalue weighted by Gasteiger charge is 2.14. The van der Waals surface area contributed by atoms with Crippen LogP contribution in [0, 0.1) is 0 Å². The largest absolute Gasteiger partial charge is 0.461 e. The van der Waals surface area contributed by atoms with Gasteiger partial charge in [0.1, 0.15) is 6.26 Å². The van der Waals surface area contributed by atoms with Crippen molar-refractivity contribution >= 4 is 16.5 Å². The van der Waals surface area contributed by atoms with Gasteiger partial charge in [-0.15, -0.1) is 0 Å². The molecule has 1 aromatic heterocycles. The molecule has 3 rings (SSSR count). The molecular formula is C13H11NO3. The molecular weight excluding hydrogens is 218 g/mol. The van der Waals surface area contributed by atoms with Crippen LogP contribution in [0.4, 0.5) is 0 Å². The van der Waals surface area contributed by atoms with E-state index >= 15 is 0 Å². The van der Waals surface area contributed by atoms with Crippen molar-refractivity contribution in [2.45, 2.75) is 0 Å². The number of fused-ring (bicyclic) bond motifs is 1. The second-order valence-corrected chi connectivity index (χ2v) is 3.89. The first kappa shape index (κ1) is 9.96. The average Bonchev–Trinajstić information content (AvgIpc) is 2.87. The molecule has 0 fully saturated rings. The van der Waals surface area contributed by atoms with Crippen molar-refractivity contribution in [3.63, 3.8) is 0 Å². The van der Waals surface area contributed by atoms with Gasteiger partial charge >= 0.3 is 0 Å². The average molecular weight is 229 g/mol. The summed E-state index contributed by atoms with van der Waals surface area (Å²) in [5, 5.41) is 1.61. The second-order valence-electron chi connectivity index (χ2n) is 3.89. The fraction of sp³-hybridized carbons (Fsp3) is 0.154. The lowest BCUT2D eigenvalue weighted by atomic mass is 10.1. The Morgan fingerprint density at radius 1 is 1.29 bits per heavy atom. The normalized spacial score (nSPS) is 14.3. The zero-order valence-electron chi connectivity index (χ0n) is 9.34. The lowest BCUT2D eigenvalue weighted by Gasteiger charge is -2.09. The van der Waals surface area contributed by atoms with E-state index in [9.17, 15) is 4.79 Å². The van der Waals surface area contributed by atoms with E-state index in [1.54, 1.807) is 11.6 Å². The molecule has 86 valence electrons. The third-order valence-corrected chi connectivity index (χ3v) is 2.87. The van der Waals surface area contributed by atoms with E-state index in [4.69, 9.17) is 9.47 Å². The maximum atomic E-state index is 12.1. The molecule has 17 heavy (non-hydrogen) atoms. The molecule has 0 atom stereocenters. The van der Waals surface area contributed by atoms with Gasteiger partial charge in [0.05, 0.1) is 5.69 Å². The quantitative estimate of drug-likeness (QED) is 0.749. The van der Waals surface area contributed by atoms with Crippen LogP contribution >= 0.6 is 0 Å². The van der Waals surface area contributed by atoms with Gasteiger partial charge in [0.15, 0.2) is 5.76 Å². The van der Waals surface area contributed by atoms with Gasteiger partial charge in [-0.2, -0.15) is 0 Å². The van der Waals surface area contributed by atoms with Crippen molar-refractivity contribution < 1.29 is 9.47 Å². The van der Waals surface area contributed by atoms with Gasteiger partial charge in [0, 0.05) is 12.4 Å². The van der Waals surface area contributed by atoms with E-state index in [-0.39, 0.29) is 12.4 Å². The highest BCUT2D eigenvalue weighted by molar-refractivity contribution is 5.83. The topological polar surface area (TPSA) is 40.5 Å². The summed E-state index contributed by atoms with van der Waals surface area (Å²) < 4.78 is 11.9. The molecule has 0 radical (unpaired) electrons. The van der Waals surface area contributed by atoms with Crippen LogP contribution in [0.3, 0.4) is 0 Å². The zero-order chi connectivity index (χ0) is 11.8.